The smallest absolute Gasteiger partial charge is 0.306 e. The van der Waals surface area contributed by atoms with E-state index < -0.39 is 5.97 Å². The Hall–Kier alpha value is -2.41. The highest BCUT2D eigenvalue weighted by atomic mass is 16.5. The van der Waals surface area contributed by atoms with Crippen molar-refractivity contribution >= 4 is 17.7 Å². The lowest BCUT2D eigenvalue weighted by Crippen LogP contribution is -2.30. The highest BCUT2D eigenvalue weighted by Crippen LogP contribution is 2.17. The molecular weight excluding hydrogens is 372 g/mol. The van der Waals surface area contributed by atoms with Gasteiger partial charge in [-0.15, -0.1) is 0 Å². The lowest BCUT2D eigenvalue weighted by atomic mass is 10.1. The van der Waals surface area contributed by atoms with Gasteiger partial charge in [-0.3, -0.25) is 14.5 Å². The van der Waals surface area contributed by atoms with Gasteiger partial charge in [0.25, 0.3) is 5.91 Å². The second-order valence-corrected chi connectivity index (χ2v) is 7.40. The molecule has 0 aromatic heterocycles. The van der Waals surface area contributed by atoms with Gasteiger partial charge in [-0.25, -0.2) is 0 Å². The Kier molecular flexibility index (Phi) is 10.2. The van der Waals surface area contributed by atoms with Crippen LogP contribution in [0.3, 0.4) is 0 Å². The Bertz CT molecular complexity index is 671. The van der Waals surface area contributed by atoms with Gasteiger partial charge in [0.05, 0.1) is 13.0 Å². The summed E-state index contributed by atoms with van der Waals surface area (Å²) in [5, 5.41) is 2.68. The molecule has 1 aliphatic heterocycles. The number of piperidine rings is 1. The lowest BCUT2D eigenvalue weighted by molar-refractivity contribution is -0.149. The summed E-state index contributed by atoms with van der Waals surface area (Å²) >= 11 is 0. The first-order valence-corrected chi connectivity index (χ1v) is 10.4. The summed E-state index contributed by atoms with van der Waals surface area (Å²) in [7, 11) is 0. The van der Waals surface area contributed by atoms with Gasteiger partial charge in [0, 0.05) is 19.5 Å². The summed E-state index contributed by atoms with van der Waals surface area (Å²) in [5.41, 5.74) is 1.25. The van der Waals surface area contributed by atoms with Crippen LogP contribution in [-0.4, -0.2) is 55.4 Å². The minimum atomic E-state index is -0.539. The van der Waals surface area contributed by atoms with E-state index in [0.29, 0.717) is 19.6 Å². The average Bonchev–Trinajstić information content (AvgIpc) is 2.71. The maximum atomic E-state index is 11.7. The number of esters is 1. The Balaban J connectivity index is 1.56. The second kappa shape index (κ2) is 12.9. The van der Waals surface area contributed by atoms with Crippen LogP contribution >= 0.6 is 0 Å². The zero-order chi connectivity index (χ0) is 20.9. The molecule has 1 aromatic rings. The molecule has 0 bridgehead atoms. The quantitative estimate of drug-likeness (QED) is 0.426. The fourth-order valence-electron chi connectivity index (χ4n) is 3.15. The summed E-state index contributed by atoms with van der Waals surface area (Å²) in [5.74, 6) is -0.138. The van der Waals surface area contributed by atoms with Crippen molar-refractivity contribution in [1.82, 2.24) is 10.2 Å². The number of benzene rings is 1. The number of hydrogen-bond acceptors (Lipinski definition) is 6. The number of amides is 1. The van der Waals surface area contributed by atoms with Crippen LogP contribution in [0, 0.1) is 0 Å². The molecular formula is C22H32N2O5. The number of ketones is 1. The number of carbonyl (C=O) groups is 3. The van der Waals surface area contributed by atoms with Gasteiger partial charge in [-0.1, -0.05) is 18.6 Å². The topological polar surface area (TPSA) is 84.9 Å². The lowest BCUT2D eigenvalue weighted by Gasteiger charge is -2.26. The molecule has 7 heteroatoms. The van der Waals surface area contributed by atoms with E-state index in [-0.39, 0.29) is 31.1 Å². The van der Waals surface area contributed by atoms with Crippen molar-refractivity contribution in [3.8, 4) is 5.75 Å². The van der Waals surface area contributed by atoms with Gasteiger partial charge in [-0.2, -0.15) is 0 Å². The van der Waals surface area contributed by atoms with Crippen LogP contribution in [-0.2, 0) is 25.7 Å². The maximum Gasteiger partial charge on any atom is 0.306 e. The van der Waals surface area contributed by atoms with Gasteiger partial charge in [-0.05, 0) is 57.0 Å². The molecule has 0 aliphatic carbocycles. The first-order chi connectivity index (χ1) is 14.0. The summed E-state index contributed by atoms with van der Waals surface area (Å²) in [4.78, 5) is 36.3. The molecule has 0 spiro atoms. The minimum absolute atomic E-state index is 0.00722. The molecule has 0 saturated carbocycles. The normalized spacial score (nSPS) is 14.2. The number of Topliss-reactive ketones (excluding diaryl/α,β-unsaturated/α-hetero) is 1. The van der Waals surface area contributed by atoms with Crippen LogP contribution in [0.4, 0.5) is 0 Å². The zero-order valence-corrected chi connectivity index (χ0v) is 17.3. The Labute approximate surface area is 172 Å². The highest BCUT2D eigenvalue weighted by molar-refractivity contribution is 5.83. The van der Waals surface area contributed by atoms with Crippen molar-refractivity contribution in [3.05, 3.63) is 29.8 Å². The Morgan fingerprint density at radius 3 is 2.66 bits per heavy atom. The summed E-state index contributed by atoms with van der Waals surface area (Å²) < 4.78 is 10.6. The van der Waals surface area contributed by atoms with Gasteiger partial charge in [0.1, 0.15) is 11.5 Å². The third-order valence-electron chi connectivity index (χ3n) is 4.71. The molecule has 0 radical (unpaired) electrons. The Morgan fingerprint density at radius 2 is 1.90 bits per heavy atom. The first-order valence-electron chi connectivity index (χ1n) is 10.4. The van der Waals surface area contributed by atoms with Crippen molar-refractivity contribution in [2.75, 3.05) is 32.8 Å². The second-order valence-electron chi connectivity index (χ2n) is 7.40. The van der Waals surface area contributed by atoms with E-state index in [2.05, 4.69) is 22.3 Å². The molecule has 1 aromatic carbocycles. The van der Waals surface area contributed by atoms with Crippen molar-refractivity contribution in [2.45, 2.75) is 52.0 Å². The van der Waals surface area contributed by atoms with Gasteiger partial charge in [0.2, 0.25) is 0 Å². The number of ether oxygens (including phenoxy) is 2. The van der Waals surface area contributed by atoms with Crippen LogP contribution in [0.2, 0.25) is 0 Å². The molecule has 1 N–H and O–H groups in total. The van der Waals surface area contributed by atoms with Crippen molar-refractivity contribution in [2.24, 2.45) is 0 Å². The summed E-state index contributed by atoms with van der Waals surface area (Å²) in [6.45, 7) is 5.30. The van der Waals surface area contributed by atoms with E-state index in [1.54, 1.807) is 0 Å². The number of nitrogens with zero attached hydrogens (tertiary/aromatic N) is 1. The van der Waals surface area contributed by atoms with Crippen LogP contribution < -0.4 is 10.1 Å². The van der Waals surface area contributed by atoms with E-state index in [1.807, 2.05) is 12.1 Å². The molecule has 1 amide bonds. The third-order valence-corrected chi connectivity index (χ3v) is 4.71. The number of nitrogens with one attached hydrogen (secondary N) is 1. The Morgan fingerprint density at radius 1 is 1.10 bits per heavy atom. The van der Waals surface area contributed by atoms with Crippen molar-refractivity contribution < 1.29 is 23.9 Å². The van der Waals surface area contributed by atoms with Crippen molar-refractivity contribution in [3.63, 3.8) is 0 Å². The number of rotatable bonds is 12. The number of hydrogen-bond donors (Lipinski definition) is 1. The molecule has 0 atom stereocenters. The predicted octanol–water partition coefficient (Wildman–Crippen LogP) is 2.47. The van der Waals surface area contributed by atoms with Gasteiger partial charge in [0.15, 0.2) is 6.61 Å². The molecule has 7 nitrogen and oxygen atoms in total. The molecule has 1 fully saturated rings. The molecule has 1 aliphatic rings. The summed E-state index contributed by atoms with van der Waals surface area (Å²) in [6, 6.07) is 8.16. The maximum absolute atomic E-state index is 11.7. The minimum Gasteiger partial charge on any atom is -0.494 e. The van der Waals surface area contributed by atoms with Crippen molar-refractivity contribution in [1.29, 1.82) is 0 Å². The standard InChI is InChI=1S/C22H32N2O5/c1-18(25)9-10-22(27)29-17-21(26)23-11-6-14-28-20-8-5-7-19(15-20)16-24-12-3-2-4-13-24/h5,7-8,15H,2-4,6,9-14,16-17H2,1H3,(H,23,26). The van der Waals surface area contributed by atoms with Crippen LogP contribution in [0.5, 0.6) is 5.75 Å². The van der Waals surface area contributed by atoms with Crippen LogP contribution in [0.1, 0.15) is 51.0 Å². The number of likely N-dealkylation sites (tertiary alicyclic amines) is 1. The largest absolute Gasteiger partial charge is 0.494 e. The summed E-state index contributed by atoms with van der Waals surface area (Å²) in [6.07, 6.45) is 4.68. The number of carbonyl (C=O) groups excluding carboxylic acids is 3. The fourth-order valence-corrected chi connectivity index (χ4v) is 3.15. The molecule has 0 unspecified atom stereocenters. The van der Waals surface area contributed by atoms with E-state index in [9.17, 15) is 14.4 Å². The first kappa shape index (κ1) is 22.9. The molecule has 1 heterocycles. The van der Waals surface area contributed by atoms with E-state index in [4.69, 9.17) is 9.47 Å². The van der Waals surface area contributed by atoms with E-state index >= 15 is 0 Å². The third kappa shape index (κ3) is 10.1. The van der Waals surface area contributed by atoms with Gasteiger partial charge < -0.3 is 19.6 Å². The highest BCUT2D eigenvalue weighted by Gasteiger charge is 2.11. The molecule has 160 valence electrons. The zero-order valence-electron chi connectivity index (χ0n) is 17.3. The SMILES string of the molecule is CC(=O)CCC(=O)OCC(=O)NCCCOc1cccc(CN2CCCCC2)c1. The molecule has 2 rings (SSSR count). The van der Waals surface area contributed by atoms with Crippen LogP contribution in [0.25, 0.3) is 0 Å². The molecule has 29 heavy (non-hydrogen) atoms. The predicted molar refractivity (Wildman–Crippen MR) is 110 cm³/mol. The van der Waals surface area contributed by atoms with Crippen LogP contribution in [0.15, 0.2) is 24.3 Å². The van der Waals surface area contributed by atoms with E-state index in [0.717, 1.165) is 25.4 Å². The fraction of sp³-hybridized carbons (Fsp3) is 0.591. The monoisotopic (exact) mass is 404 g/mol. The average molecular weight is 405 g/mol. The van der Waals surface area contributed by atoms with Gasteiger partial charge >= 0.3 is 5.97 Å². The van der Waals surface area contributed by atoms with E-state index in [1.165, 1.54) is 31.7 Å². The molecule has 1 saturated heterocycles.